The number of aliphatic hydroxyl groups excluding tert-OH is 1. The predicted molar refractivity (Wildman–Crippen MR) is 113 cm³/mol. The molecule has 0 aromatic heterocycles. The summed E-state index contributed by atoms with van der Waals surface area (Å²) in [6, 6.07) is 12.8. The number of carbonyl (C=O) groups excluding carboxylic acids is 1. The molecular weight excluding hydrogens is 413 g/mol. The van der Waals surface area contributed by atoms with E-state index in [0.29, 0.717) is 31.6 Å². The van der Waals surface area contributed by atoms with Crippen LogP contribution >= 0.6 is 11.8 Å². The molecule has 1 heterocycles. The van der Waals surface area contributed by atoms with E-state index in [2.05, 4.69) is 5.32 Å². The van der Waals surface area contributed by atoms with Gasteiger partial charge in [-0.25, -0.2) is 4.79 Å². The molecule has 1 aliphatic rings. The first-order valence-electron chi connectivity index (χ1n) is 9.72. The number of thioether (sulfide) groups is 1. The number of urea groups is 1. The van der Waals surface area contributed by atoms with Gasteiger partial charge in [0.2, 0.25) is 0 Å². The Kier molecular flexibility index (Phi) is 6.98. The minimum atomic E-state index is -4.43. The highest BCUT2D eigenvalue weighted by Gasteiger charge is 2.39. The molecule has 1 saturated heterocycles. The van der Waals surface area contributed by atoms with Gasteiger partial charge in [0.15, 0.2) is 0 Å². The van der Waals surface area contributed by atoms with Gasteiger partial charge in [0, 0.05) is 35.7 Å². The van der Waals surface area contributed by atoms with Gasteiger partial charge in [-0.2, -0.15) is 13.2 Å². The number of hydrogen-bond acceptors (Lipinski definition) is 3. The first-order valence-corrected chi connectivity index (χ1v) is 10.9. The minimum Gasteiger partial charge on any atom is -0.396 e. The Balaban J connectivity index is 1.64. The first kappa shape index (κ1) is 22.5. The number of hydrogen-bond donors (Lipinski definition) is 2. The largest absolute Gasteiger partial charge is 0.416 e. The van der Waals surface area contributed by atoms with E-state index in [0.717, 1.165) is 11.0 Å². The number of alkyl halides is 3. The van der Waals surface area contributed by atoms with Gasteiger partial charge >= 0.3 is 12.2 Å². The first-order chi connectivity index (χ1) is 14.3. The fraction of sp³-hybridized carbons (Fsp3) is 0.409. The monoisotopic (exact) mass is 438 g/mol. The highest BCUT2D eigenvalue weighted by molar-refractivity contribution is 7.98. The number of halogens is 3. The fourth-order valence-corrected chi connectivity index (χ4v) is 4.22. The SMILES string of the molecule is CSc1ccc(NC(=O)N2CCC(CO)(Cc3ccccc3C(F)(F)F)CC2)cc1. The maximum absolute atomic E-state index is 13.3. The lowest BCUT2D eigenvalue weighted by atomic mass is 9.73. The molecule has 3 rings (SSSR count). The minimum absolute atomic E-state index is 0.130. The van der Waals surface area contributed by atoms with Crippen molar-refractivity contribution in [3.05, 3.63) is 59.7 Å². The summed E-state index contributed by atoms with van der Waals surface area (Å²) in [4.78, 5) is 15.3. The van der Waals surface area contributed by atoms with Gasteiger partial charge in [-0.15, -0.1) is 11.8 Å². The van der Waals surface area contributed by atoms with Crippen LogP contribution in [-0.4, -0.2) is 42.0 Å². The second-order valence-corrected chi connectivity index (χ2v) is 8.52. The quantitative estimate of drug-likeness (QED) is 0.625. The molecule has 0 bridgehead atoms. The van der Waals surface area contributed by atoms with E-state index in [1.54, 1.807) is 22.7 Å². The standard InChI is InChI=1S/C22H25F3N2O2S/c1-30-18-8-6-17(7-9-18)26-20(29)27-12-10-21(15-28,11-13-27)14-16-4-2-3-5-19(16)22(23,24)25/h2-9,28H,10-15H2,1H3,(H,26,29). The second-order valence-electron chi connectivity index (χ2n) is 7.64. The summed E-state index contributed by atoms with van der Waals surface area (Å²) < 4.78 is 40.0. The normalized spacial score (nSPS) is 16.4. The van der Waals surface area contributed by atoms with Crippen molar-refractivity contribution in [1.29, 1.82) is 0 Å². The summed E-state index contributed by atoms with van der Waals surface area (Å²) in [5.74, 6) is 0. The van der Waals surface area contributed by atoms with Crippen molar-refractivity contribution in [2.24, 2.45) is 5.41 Å². The van der Waals surface area contributed by atoms with E-state index in [9.17, 15) is 23.1 Å². The summed E-state index contributed by atoms with van der Waals surface area (Å²) in [5.41, 5.74) is -0.452. The van der Waals surface area contributed by atoms with Crippen LogP contribution in [-0.2, 0) is 12.6 Å². The van der Waals surface area contributed by atoms with Crippen molar-refractivity contribution < 1.29 is 23.1 Å². The number of carbonyl (C=O) groups is 1. The molecule has 2 aromatic carbocycles. The number of nitrogens with one attached hydrogen (secondary N) is 1. The topological polar surface area (TPSA) is 52.6 Å². The molecule has 4 nitrogen and oxygen atoms in total. The van der Waals surface area contributed by atoms with Crippen LogP contribution in [0.4, 0.5) is 23.7 Å². The van der Waals surface area contributed by atoms with Crippen LogP contribution in [0.2, 0.25) is 0 Å². The lowest BCUT2D eigenvalue weighted by molar-refractivity contribution is -0.138. The van der Waals surface area contributed by atoms with Crippen LogP contribution in [0, 0.1) is 5.41 Å². The molecule has 0 radical (unpaired) electrons. The Morgan fingerprint density at radius 2 is 1.77 bits per heavy atom. The Morgan fingerprint density at radius 1 is 1.13 bits per heavy atom. The molecule has 0 atom stereocenters. The Morgan fingerprint density at radius 3 is 2.33 bits per heavy atom. The number of amides is 2. The van der Waals surface area contributed by atoms with E-state index >= 15 is 0 Å². The molecule has 30 heavy (non-hydrogen) atoms. The Bertz CT molecular complexity index is 863. The molecule has 0 aliphatic carbocycles. The second kappa shape index (κ2) is 9.31. The zero-order valence-corrected chi connectivity index (χ0v) is 17.5. The Hall–Kier alpha value is -2.19. The third-order valence-electron chi connectivity index (χ3n) is 5.68. The van der Waals surface area contributed by atoms with Gasteiger partial charge in [-0.05, 0) is 61.4 Å². The maximum atomic E-state index is 13.3. The molecule has 2 amide bonds. The van der Waals surface area contributed by atoms with E-state index < -0.39 is 17.2 Å². The predicted octanol–water partition coefficient (Wildman–Crippen LogP) is 5.28. The van der Waals surface area contributed by atoms with Crippen molar-refractivity contribution in [1.82, 2.24) is 4.90 Å². The van der Waals surface area contributed by atoms with E-state index in [1.165, 1.54) is 12.1 Å². The van der Waals surface area contributed by atoms with Crippen molar-refractivity contribution in [2.45, 2.75) is 30.3 Å². The van der Waals surface area contributed by atoms with E-state index in [-0.39, 0.29) is 24.6 Å². The molecule has 0 saturated carbocycles. The summed E-state index contributed by atoms with van der Waals surface area (Å²) >= 11 is 1.61. The molecule has 8 heteroatoms. The molecule has 0 spiro atoms. The zero-order chi connectivity index (χ0) is 21.8. The molecule has 1 aliphatic heterocycles. The highest BCUT2D eigenvalue weighted by Crippen LogP contribution is 2.39. The number of rotatable bonds is 5. The smallest absolute Gasteiger partial charge is 0.396 e. The van der Waals surface area contributed by atoms with Crippen LogP contribution < -0.4 is 5.32 Å². The van der Waals surface area contributed by atoms with Gasteiger partial charge in [0.1, 0.15) is 0 Å². The van der Waals surface area contributed by atoms with Crippen LogP contribution in [0.3, 0.4) is 0 Å². The zero-order valence-electron chi connectivity index (χ0n) is 16.7. The fourth-order valence-electron chi connectivity index (χ4n) is 3.81. The molecule has 2 aromatic rings. The van der Waals surface area contributed by atoms with Gasteiger partial charge in [-0.3, -0.25) is 0 Å². The van der Waals surface area contributed by atoms with Gasteiger partial charge in [0.05, 0.1) is 5.56 Å². The molecule has 162 valence electrons. The van der Waals surface area contributed by atoms with Gasteiger partial charge in [0.25, 0.3) is 0 Å². The number of piperidine rings is 1. The van der Waals surface area contributed by atoms with Gasteiger partial charge in [-0.1, -0.05) is 18.2 Å². The molecule has 0 unspecified atom stereocenters. The van der Waals surface area contributed by atoms with Gasteiger partial charge < -0.3 is 15.3 Å². The number of benzene rings is 2. The average molecular weight is 439 g/mol. The average Bonchev–Trinajstić information content (AvgIpc) is 2.74. The lowest BCUT2D eigenvalue weighted by Gasteiger charge is -2.41. The summed E-state index contributed by atoms with van der Waals surface area (Å²) in [7, 11) is 0. The summed E-state index contributed by atoms with van der Waals surface area (Å²) in [6.45, 7) is 0.539. The number of likely N-dealkylation sites (tertiary alicyclic amines) is 1. The molecular formula is C22H25F3N2O2S. The number of aliphatic hydroxyl groups is 1. The summed E-state index contributed by atoms with van der Waals surface area (Å²) in [6.07, 6.45) is -1.45. The van der Waals surface area contributed by atoms with Crippen molar-refractivity contribution in [3.8, 4) is 0 Å². The molecule has 2 N–H and O–H groups in total. The lowest BCUT2D eigenvalue weighted by Crippen LogP contribution is -2.47. The van der Waals surface area contributed by atoms with Crippen LogP contribution in [0.15, 0.2) is 53.4 Å². The molecule has 1 fully saturated rings. The van der Waals surface area contributed by atoms with Crippen LogP contribution in [0.5, 0.6) is 0 Å². The summed E-state index contributed by atoms with van der Waals surface area (Å²) in [5, 5.41) is 12.9. The van der Waals surface area contributed by atoms with Crippen LogP contribution in [0.25, 0.3) is 0 Å². The van der Waals surface area contributed by atoms with E-state index in [1.807, 2.05) is 30.5 Å². The Labute approximate surface area is 178 Å². The van der Waals surface area contributed by atoms with Crippen molar-refractivity contribution in [3.63, 3.8) is 0 Å². The number of anilines is 1. The maximum Gasteiger partial charge on any atom is 0.416 e. The highest BCUT2D eigenvalue weighted by atomic mass is 32.2. The third-order valence-corrected chi connectivity index (χ3v) is 6.42. The van der Waals surface area contributed by atoms with Crippen molar-refractivity contribution >= 4 is 23.5 Å². The van der Waals surface area contributed by atoms with Crippen molar-refractivity contribution in [2.75, 3.05) is 31.3 Å². The number of nitrogens with zero attached hydrogens (tertiary/aromatic N) is 1. The third kappa shape index (κ3) is 5.29. The van der Waals surface area contributed by atoms with E-state index in [4.69, 9.17) is 0 Å². The van der Waals surface area contributed by atoms with Crippen LogP contribution in [0.1, 0.15) is 24.0 Å².